The van der Waals surface area contributed by atoms with Gasteiger partial charge in [-0.3, -0.25) is 4.90 Å². The number of carbonyl (C=O) groups is 2. The maximum absolute atomic E-state index is 11.6. The molecule has 6 nitrogen and oxygen atoms in total. The summed E-state index contributed by atoms with van der Waals surface area (Å²) in [5, 5.41) is 21.8. The maximum atomic E-state index is 11.6. The molecule has 2 fully saturated rings. The number of nitrogens with zero attached hydrogens (tertiary/aromatic N) is 1. The molecule has 1 unspecified atom stereocenters. The van der Waals surface area contributed by atoms with Gasteiger partial charge in [-0.2, -0.15) is 0 Å². The Morgan fingerprint density at radius 2 is 1.88 bits per heavy atom. The first-order valence-corrected chi connectivity index (χ1v) is 6.03. The predicted molar refractivity (Wildman–Crippen MR) is 59.9 cm³/mol. The number of rotatable bonds is 2. The summed E-state index contributed by atoms with van der Waals surface area (Å²) in [4.78, 5) is 24.0. The van der Waals surface area contributed by atoms with Crippen LogP contribution < -0.4 is 5.32 Å². The standard InChI is InChI=1S/C11H18N2O4/c14-9(15)11(8-3-1-2-4-8)7-12-5-6-13(11)10(16)17/h8,12H,1-7H2,(H,14,15)(H,16,17). The molecular formula is C11H18N2O4. The van der Waals surface area contributed by atoms with E-state index in [9.17, 15) is 19.8 Å². The first kappa shape index (κ1) is 12.2. The van der Waals surface area contributed by atoms with Gasteiger partial charge in [0.2, 0.25) is 0 Å². The highest BCUT2D eigenvalue weighted by molar-refractivity contribution is 5.85. The number of nitrogens with one attached hydrogen (secondary N) is 1. The summed E-state index contributed by atoms with van der Waals surface area (Å²) in [5.74, 6) is -1.08. The second-order valence-corrected chi connectivity index (χ2v) is 4.82. The van der Waals surface area contributed by atoms with Crippen molar-refractivity contribution in [1.29, 1.82) is 0 Å². The van der Waals surface area contributed by atoms with Crippen LogP contribution in [0.25, 0.3) is 0 Å². The van der Waals surface area contributed by atoms with Crippen LogP contribution in [0.15, 0.2) is 0 Å². The van der Waals surface area contributed by atoms with Crippen molar-refractivity contribution >= 4 is 12.1 Å². The predicted octanol–water partition coefficient (Wildman–Crippen LogP) is 0.583. The number of amides is 1. The molecule has 96 valence electrons. The van der Waals surface area contributed by atoms with Crippen molar-refractivity contribution < 1.29 is 19.8 Å². The van der Waals surface area contributed by atoms with Gasteiger partial charge in [-0.25, -0.2) is 9.59 Å². The smallest absolute Gasteiger partial charge is 0.408 e. The number of aliphatic carboxylic acids is 1. The molecule has 1 heterocycles. The Morgan fingerprint density at radius 3 is 2.41 bits per heavy atom. The summed E-state index contributed by atoms with van der Waals surface area (Å²) in [6.07, 6.45) is 2.47. The summed E-state index contributed by atoms with van der Waals surface area (Å²) >= 11 is 0. The van der Waals surface area contributed by atoms with Crippen LogP contribution in [0.2, 0.25) is 0 Å². The van der Waals surface area contributed by atoms with Crippen LogP contribution in [0.1, 0.15) is 25.7 Å². The van der Waals surface area contributed by atoms with E-state index in [2.05, 4.69) is 5.32 Å². The molecule has 1 aliphatic heterocycles. The average Bonchev–Trinajstić information content (AvgIpc) is 2.82. The van der Waals surface area contributed by atoms with E-state index in [0.29, 0.717) is 6.54 Å². The van der Waals surface area contributed by atoms with Crippen LogP contribution in [0.3, 0.4) is 0 Å². The summed E-state index contributed by atoms with van der Waals surface area (Å²) in [6, 6.07) is 0. The molecule has 1 atom stereocenters. The summed E-state index contributed by atoms with van der Waals surface area (Å²) < 4.78 is 0. The molecule has 2 rings (SSSR count). The van der Waals surface area contributed by atoms with Crippen LogP contribution in [0.5, 0.6) is 0 Å². The quantitative estimate of drug-likeness (QED) is 0.659. The minimum Gasteiger partial charge on any atom is -0.479 e. The highest BCUT2D eigenvalue weighted by Crippen LogP contribution is 2.39. The normalized spacial score (nSPS) is 30.5. The highest BCUT2D eigenvalue weighted by Gasteiger charge is 2.54. The number of piperazine rings is 1. The van der Waals surface area contributed by atoms with Crippen molar-refractivity contribution in [2.45, 2.75) is 31.2 Å². The van der Waals surface area contributed by atoms with E-state index in [4.69, 9.17) is 0 Å². The molecule has 1 amide bonds. The third kappa shape index (κ3) is 1.86. The second kappa shape index (κ2) is 4.52. The topological polar surface area (TPSA) is 89.9 Å². The van der Waals surface area contributed by atoms with Crippen LogP contribution in [-0.2, 0) is 4.79 Å². The molecule has 0 aromatic carbocycles. The molecule has 0 aromatic heterocycles. The van der Waals surface area contributed by atoms with Crippen molar-refractivity contribution in [3.05, 3.63) is 0 Å². The lowest BCUT2D eigenvalue weighted by atomic mass is 9.79. The number of hydrogen-bond acceptors (Lipinski definition) is 3. The highest BCUT2D eigenvalue weighted by atomic mass is 16.4. The molecule has 0 radical (unpaired) electrons. The van der Waals surface area contributed by atoms with Crippen molar-refractivity contribution in [2.24, 2.45) is 5.92 Å². The fourth-order valence-electron chi connectivity index (χ4n) is 3.16. The van der Waals surface area contributed by atoms with Gasteiger partial charge in [0.05, 0.1) is 0 Å². The zero-order valence-electron chi connectivity index (χ0n) is 9.69. The van der Waals surface area contributed by atoms with Gasteiger partial charge in [-0.05, 0) is 18.8 Å². The third-order valence-corrected chi connectivity index (χ3v) is 4.02. The van der Waals surface area contributed by atoms with E-state index in [1.165, 1.54) is 0 Å². The Morgan fingerprint density at radius 1 is 1.24 bits per heavy atom. The second-order valence-electron chi connectivity index (χ2n) is 4.82. The molecule has 1 saturated carbocycles. The van der Waals surface area contributed by atoms with E-state index in [0.717, 1.165) is 30.6 Å². The zero-order chi connectivity index (χ0) is 12.5. The lowest BCUT2D eigenvalue weighted by Crippen LogP contribution is -2.69. The number of hydrogen-bond donors (Lipinski definition) is 3. The summed E-state index contributed by atoms with van der Waals surface area (Å²) in [5.41, 5.74) is -1.26. The van der Waals surface area contributed by atoms with Gasteiger partial charge >= 0.3 is 12.1 Å². The van der Waals surface area contributed by atoms with Crippen molar-refractivity contribution in [3.8, 4) is 0 Å². The monoisotopic (exact) mass is 242 g/mol. The summed E-state index contributed by atoms with van der Waals surface area (Å²) in [7, 11) is 0. The van der Waals surface area contributed by atoms with Gasteiger partial charge in [0, 0.05) is 19.6 Å². The Bertz CT molecular complexity index is 327. The van der Waals surface area contributed by atoms with Crippen LogP contribution in [0.4, 0.5) is 4.79 Å². The Kier molecular flexibility index (Phi) is 3.24. The number of carboxylic acid groups (broad SMARTS) is 2. The van der Waals surface area contributed by atoms with Gasteiger partial charge in [-0.1, -0.05) is 12.8 Å². The van der Waals surface area contributed by atoms with Gasteiger partial charge in [-0.15, -0.1) is 0 Å². The van der Waals surface area contributed by atoms with Crippen LogP contribution in [0, 0.1) is 5.92 Å². The maximum Gasteiger partial charge on any atom is 0.408 e. The van der Waals surface area contributed by atoms with E-state index in [1.807, 2.05) is 0 Å². The van der Waals surface area contributed by atoms with Crippen molar-refractivity contribution in [1.82, 2.24) is 10.2 Å². The minimum atomic E-state index is -1.26. The van der Waals surface area contributed by atoms with Gasteiger partial charge in [0.1, 0.15) is 0 Å². The lowest BCUT2D eigenvalue weighted by molar-refractivity contribution is -0.155. The third-order valence-electron chi connectivity index (χ3n) is 4.02. The fourth-order valence-corrected chi connectivity index (χ4v) is 3.16. The van der Waals surface area contributed by atoms with Gasteiger partial charge < -0.3 is 15.5 Å². The first-order chi connectivity index (χ1) is 8.09. The molecule has 2 aliphatic rings. The van der Waals surface area contributed by atoms with E-state index < -0.39 is 17.6 Å². The summed E-state index contributed by atoms with van der Waals surface area (Å²) in [6.45, 7) is 0.992. The largest absolute Gasteiger partial charge is 0.479 e. The SMILES string of the molecule is O=C(O)N1CCNCC1(C(=O)O)C1CCCC1. The van der Waals surface area contributed by atoms with Gasteiger partial charge in [0.15, 0.2) is 5.54 Å². The molecule has 0 bridgehead atoms. The molecule has 1 saturated heterocycles. The Balaban J connectivity index is 2.35. The molecule has 0 aromatic rings. The lowest BCUT2D eigenvalue weighted by Gasteiger charge is -2.46. The van der Waals surface area contributed by atoms with E-state index in [-0.39, 0.29) is 19.0 Å². The minimum absolute atomic E-state index is 0.0658. The van der Waals surface area contributed by atoms with E-state index in [1.54, 1.807) is 0 Å². The van der Waals surface area contributed by atoms with Crippen molar-refractivity contribution in [2.75, 3.05) is 19.6 Å². The number of carboxylic acids is 1. The molecule has 6 heteroatoms. The molecule has 3 N–H and O–H groups in total. The molecule has 1 aliphatic carbocycles. The van der Waals surface area contributed by atoms with Crippen LogP contribution in [-0.4, -0.2) is 52.3 Å². The van der Waals surface area contributed by atoms with Gasteiger partial charge in [0.25, 0.3) is 0 Å². The molecule has 17 heavy (non-hydrogen) atoms. The first-order valence-electron chi connectivity index (χ1n) is 6.03. The van der Waals surface area contributed by atoms with Crippen LogP contribution >= 0.6 is 0 Å². The molecular weight excluding hydrogens is 224 g/mol. The average molecular weight is 242 g/mol. The zero-order valence-corrected chi connectivity index (χ0v) is 9.69. The Labute approximate surface area is 99.6 Å². The van der Waals surface area contributed by atoms with Crippen molar-refractivity contribution in [3.63, 3.8) is 0 Å². The molecule has 0 spiro atoms. The Hall–Kier alpha value is -1.30. The van der Waals surface area contributed by atoms with E-state index >= 15 is 0 Å². The fraction of sp³-hybridized carbons (Fsp3) is 0.818.